The molecule has 0 radical (unpaired) electrons. The minimum atomic E-state index is -0.688. The van der Waals surface area contributed by atoms with Crippen LogP contribution in [-0.4, -0.2) is 42.3 Å². The SMILES string of the molecule is CCOC(=O)CC[C@@H]1OC(C)(C)O[C@H]1CO. The van der Waals surface area contributed by atoms with E-state index in [2.05, 4.69) is 0 Å². The molecule has 1 N–H and O–H groups in total. The summed E-state index contributed by atoms with van der Waals surface area (Å²) in [6.07, 6.45) is 0.191. The van der Waals surface area contributed by atoms with Crippen molar-refractivity contribution >= 4 is 5.97 Å². The van der Waals surface area contributed by atoms with Crippen molar-refractivity contribution in [2.24, 2.45) is 0 Å². The van der Waals surface area contributed by atoms with E-state index >= 15 is 0 Å². The Balaban J connectivity index is 2.38. The summed E-state index contributed by atoms with van der Waals surface area (Å²) in [6, 6.07) is 0. The van der Waals surface area contributed by atoms with Crippen LogP contribution in [0.15, 0.2) is 0 Å². The van der Waals surface area contributed by atoms with Crippen molar-refractivity contribution in [1.82, 2.24) is 0 Å². The van der Waals surface area contributed by atoms with Crippen LogP contribution in [0.1, 0.15) is 33.6 Å². The number of aliphatic hydroxyl groups excluding tert-OH is 1. The van der Waals surface area contributed by atoms with Gasteiger partial charge in [-0.15, -0.1) is 0 Å². The second kappa shape index (κ2) is 5.61. The Morgan fingerprint density at radius 3 is 2.56 bits per heavy atom. The molecule has 2 atom stereocenters. The second-order valence-corrected chi connectivity index (χ2v) is 4.24. The van der Waals surface area contributed by atoms with Crippen molar-refractivity contribution in [3.8, 4) is 0 Å². The standard InChI is InChI=1S/C11H20O5/c1-4-14-10(13)6-5-8-9(7-12)16-11(2,3)15-8/h8-9,12H,4-7H2,1-3H3/t8-,9-/m0/s1. The van der Waals surface area contributed by atoms with E-state index in [-0.39, 0.29) is 31.2 Å². The van der Waals surface area contributed by atoms with Gasteiger partial charge in [-0.2, -0.15) is 0 Å². The van der Waals surface area contributed by atoms with Gasteiger partial charge in [0.25, 0.3) is 0 Å². The molecule has 1 aliphatic rings. The molecule has 1 fully saturated rings. The highest BCUT2D eigenvalue weighted by atomic mass is 16.8. The van der Waals surface area contributed by atoms with Crippen LogP contribution in [0.2, 0.25) is 0 Å². The van der Waals surface area contributed by atoms with Crippen LogP contribution in [0.4, 0.5) is 0 Å². The van der Waals surface area contributed by atoms with Gasteiger partial charge >= 0.3 is 5.97 Å². The number of aliphatic hydroxyl groups is 1. The predicted molar refractivity (Wildman–Crippen MR) is 56.8 cm³/mol. The minimum absolute atomic E-state index is 0.100. The van der Waals surface area contributed by atoms with Gasteiger partial charge < -0.3 is 19.3 Å². The highest BCUT2D eigenvalue weighted by Gasteiger charge is 2.40. The molecule has 0 spiro atoms. The zero-order valence-corrected chi connectivity index (χ0v) is 10.1. The van der Waals surface area contributed by atoms with Gasteiger partial charge in [-0.3, -0.25) is 4.79 Å². The van der Waals surface area contributed by atoms with Crippen LogP contribution in [0.3, 0.4) is 0 Å². The average molecular weight is 232 g/mol. The third-order valence-corrected chi connectivity index (χ3v) is 2.40. The van der Waals surface area contributed by atoms with Crippen molar-refractivity contribution in [2.75, 3.05) is 13.2 Å². The number of rotatable bonds is 5. The summed E-state index contributed by atoms with van der Waals surface area (Å²) in [5, 5.41) is 9.12. The molecular weight excluding hydrogens is 212 g/mol. The molecule has 0 unspecified atom stereocenters. The summed E-state index contributed by atoms with van der Waals surface area (Å²) in [5.74, 6) is -0.931. The van der Waals surface area contributed by atoms with E-state index < -0.39 is 5.79 Å². The maximum absolute atomic E-state index is 11.2. The molecule has 1 heterocycles. The Kier molecular flexibility index (Phi) is 4.70. The van der Waals surface area contributed by atoms with E-state index in [1.54, 1.807) is 20.8 Å². The number of carbonyl (C=O) groups excluding carboxylic acids is 1. The van der Waals surface area contributed by atoms with Gasteiger partial charge in [0.1, 0.15) is 6.10 Å². The quantitative estimate of drug-likeness (QED) is 0.712. The Hall–Kier alpha value is -0.650. The van der Waals surface area contributed by atoms with E-state index in [0.29, 0.717) is 13.0 Å². The maximum atomic E-state index is 11.2. The van der Waals surface area contributed by atoms with Crippen LogP contribution in [0.25, 0.3) is 0 Å². The molecule has 94 valence electrons. The molecule has 16 heavy (non-hydrogen) atoms. The first-order valence-electron chi connectivity index (χ1n) is 5.60. The van der Waals surface area contributed by atoms with Crippen LogP contribution >= 0.6 is 0 Å². The van der Waals surface area contributed by atoms with Crippen molar-refractivity contribution in [2.45, 2.75) is 51.6 Å². The monoisotopic (exact) mass is 232 g/mol. The van der Waals surface area contributed by atoms with Gasteiger partial charge in [0.2, 0.25) is 0 Å². The third-order valence-electron chi connectivity index (χ3n) is 2.40. The summed E-state index contributed by atoms with van der Waals surface area (Å²) in [5.41, 5.74) is 0. The first-order chi connectivity index (χ1) is 7.48. The molecule has 0 aromatic carbocycles. The fourth-order valence-corrected chi connectivity index (χ4v) is 1.80. The molecule has 5 nitrogen and oxygen atoms in total. The number of hydrogen-bond donors (Lipinski definition) is 1. The highest BCUT2D eigenvalue weighted by Crippen LogP contribution is 2.30. The summed E-state index contributed by atoms with van der Waals surface area (Å²) in [7, 11) is 0. The normalized spacial score (nSPS) is 28.0. The molecule has 0 aromatic rings. The molecular formula is C11H20O5. The molecule has 0 bridgehead atoms. The Bertz CT molecular complexity index is 239. The van der Waals surface area contributed by atoms with Crippen molar-refractivity contribution in [3.63, 3.8) is 0 Å². The van der Waals surface area contributed by atoms with Crippen molar-refractivity contribution < 1.29 is 24.1 Å². The van der Waals surface area contributed by atoms with Crippen molar-refractivity contribution in [1.29, 1.82) is 0 Å². The highest BCUT2D eigenvalue weighted by molar-refractivity contribution is 5.69. The van der Waals surface area contributed by atoms with Gasteiger partial charge in [0.15, 0.2) is 5.79 Å². The fourth-order valence-electron chi connectivity index (χ4n) is 1.80. The topological polar surface area (TPSA) is 65.0 Å². The van der Waals surface area contributed by atoms with Crippen LogP contribution in [0.5, 0.6) is 0 Å². The fraction of sp³-hybridized carbons (Fsp3) is 0.909. The van der Waals surface area contributed by atoms with Crippen molar-refractivity contribution in [3.05, 3.63) is 0 Å². The van der Waals surface area contributed by atoms with Gasteiger partial charge in [0.05, 0.1) is 19.3 Å². The molecule has 1 aliphatic heterocycles. The van der Waals surface area contributed by atoms with Gasteiger partial charge in [-0.25, -0.2) is 0 Å². The first kappa shape index (κ1) is 13.4. The lowest BCUT2D eigenvalue weighted by Crippen LogP contribution is -2.27. The summed E-state index contributed by atoms with van der Waals surface area (Å²) in [4.78, 5) is 11.2. The molecule has 1 saturated heterocycles. The van der Waals surface area contributed by atoms with E-state index in [0.717, 1.165) is 0 Å². The smallest absolute Gasteiger partial charge is 0.305 e. The summed E-state index contributed by atoms with van der Waals surface area (Å²) < 4.78 is 15.9. The van der Waals surface area contributed by atoms with E-state index in [1.165, 1.54) is 0 Å². The number of hydrogen-bond acceptors (Lipinski definition) is 5. The Labute approximate surface area is 95.7 Å². The zero-order chi connectivity index (χ0) is 12.2. The van der Waals surface area contributed by atoms with E-state index in [9.17, 15) is 4.79 Å². The van der Waals surface area contributed by atoms with Crippen LogP contribution in [-0.2, 0) is 19.0 Å². The lowest BCUT2D eigenvalue weighted by Gasteiger charge is -2.16. The number of esters is 1. The molecule has 1 rings (SSSR count). The van der Waals surface area contributed by atoms with E-state index in [1.807, 2.05) is 0 Å². The zero-order valence-electron chi connectivity index (χ0n) is 10.1. The average Bonchev–Trinajstić information content (AvgIpc) is 2.51. The van der Waals surface area contributed by atoms with E-state index in [4.69, 9.17) is 19.3 Å². The Morgan fingerprint density at radius 2 is 2.00 bits per heavy atom. The number of carbonyl (C=O) groups is 1. The maximum Gasteiger partial charge on any atom is 0.305 e. The summed E-state index contributed by atoms with van der Waals surface area (Å²) >= 11 is 0. The van der Waals surface area contributed by atoms with Gasteiger partial charge in [-0.1, -0.05) is 0 Å². The van der Waals surface area contributed by atoms with Gasteiger partial charge in [-0.05, 0) is 27.2 Å². The lowest BCUT2D eigenvalue weighted by molar-refractivity contribution is -0.152. The molecule has 0 amide bonds. The Morgan fingerprint density at radius 1 is 1.38 bits per heavy atom. The number of ether oxygens (including phenoxy) is 3. The second-order valence-electron chi connectivity index (χ2n) is 4.24. The predicted octanol–water partition coefficient (Wildman–Crippen LogP) is 0.842. The largest absolute Gasteiger partial charge is 0.466 e. The molecule has 0 saturated carbocycles. The third kappa shape index (κ3) is 3.73. The van der Waals surface area contributed by atoms with Gasteiger partial charge in [0, 0.05) is 6.42 Å². The van der Waals surface area contributed by atoms with Crippen LogP contribution < -0.4 is 0 Å². The molecule has 5 heteroatoms. The minimum Gasteiger partial charge on any atom is -0.466 e. The first-order valence-corrected chi connectivity index (χ1v) is 5.60. The summed E-state index contributed by atoms with van der Waals surface area (Å²) in [6.45, 7) is 5.64. The van der Waals surface area contributed by atoms with Crippen LogP contribution in [0, 0.1) is 0 Å². The molecule has 0 aromatic heterocycles. The molecule has 0 aliphatic carbocycles. The lowest BCUT2D eigenvalue weighted by atomic mass is 10.1.